The number of fused-ring (bicyclic) bond motifs is 1. The second kappa shape index (κ2) is 8.97. The number of carbonyl (C=O) groups is 3. The van der Waals surface area contributed by atoms with Crippen LogP contribution in [0.1, 0.15) is 20.7 Å². The number of aromatic amines is 1. The number of methoxy groups -OCH3 is 1. The predicted octanol–water partition coefficient (Wildman–Crippen LogP) is 1.60. The molecule has 4 aromatic rings. The van der Waals surface area contributed by atoms with Crippen molar-refractivity contribution in [1.29, 1.82) is 0 Å². The number of ether oxygens (including phenoxy) is 1. The van der Waals surface area contributed by atoms with Crippen LogP contribution in [0.3, 0.4) is 0 Å². The number of benzene rings is 2. The molecule has 1 amide bonds. The minimum Gasteiger partial charge on any atom is -0.465 e. The van der Waals surface area contributed by atoms with Crippen molar-refractivity contribution < 1.29 is 23.5 Å². The number of hydrogen-bond donors (Lipinski definition) is 1. The number of tetrazole rings is 1. The largest absolute Gasteiger partial charge is 0.465 e. The van der Waals surface area contributed by atoms with Crippen molar-refractivity contribution in [2.45, 2.75) is 0 Å². The van der Waals surface area contributed by atoms with Crippen molar-refractivity contribution in [2.75, 3.05) is 38.2 Å². The topological polar surface area (TPSA) is 126 Å². The van der Waals surface area contributed by atoms with Crippen LogP contribution in [-0.4, -0.2) is 81.0 Å². The fourth-order valence-electron chi connectivity index (χ4n) is 4.15. The third kappa shape index (κ3) is 3.88. The first-order chi connectivity index (χ1) is 17.0. The van der Waals surface area contributed by atoms with Crippen molar-refractivity contribution in [2.24, 2.45) is 0 Å². The zero-order valence-electron chi connectivity index (χ0n) is 18.6. The fraction of sp³-hybridized carbons (Fsp3) is 0.217. The zero-order valence-corrected chi connectivity index (χ0v) is 18.6. The molecule has 0 spiro atoms. The van der Waals surface area contributed by atoms with E-state index in [1.54, 1.807) is 4.68 Å². The van der Waals surface area contributed by atoms with Crippen molar-refractivity contribution in [3.8, 4) is 5.69 Å². The van der Waals surface area contributed by atoms with Crippen molar-refractivity contribution >= 4 is 34.5 Å². The van der Waals surface area contributed by atoms with E-state index in [0.717, 1.165) is 11.8 Å². The van der Waals surface area contributed by atoms with Gasteiger partial charge in [-0.1, -0.05) is 23.3 Å². The fourth-order valence-corrected chi connectivity index (χ4v) is 4.15. The molecular formula is C23H20FN7O4. The van der Waals surface area contributed by atoms with Crippen LogP contribution < -0.4 is 4.90 Å². The molecule has 0 bridgehead atoms. The Hall–Kier alpha value is -4.61. The second-order valence-corrected chi connectivity index (χ2v) is 7.87. The first-order valence-corrected chi connectivity index (χ1v) is 10.8. The average Bonchev–Trinajstić information content (AvgIpc) is 3.57. The van der Waals surface area contributed by atoms with Gasteiger partial charge in [0.25, 0.3) is 11.7 Å². The maximum Gasteiger partial charge on any atom is 0.339 e. The molecule has 0 aliphatic carbocycles. The van der Waals surface area contributed by atoms with E-state index >= 15 is 0 Å². The highest BCUT2D eigenvalue weighted by Crippen LogP contribution is 2.27. The van der Waals surface area contributed by atoms with E-state index in [-0.39, 0.29) is 35.1 Å². The van der Waals surface area contributed by atoms with Gasteiger partial charge in [-0.3, -0.25) is 9.59 Å². The zero-order chi connectivity index (χ0) is 24.5. The number of rotatable bonds is 5. The second-order valence-electron chi connectivity index (χ2n) is 7.87. The van der Waals surface area contributed by atoms with Gasteiger partial charge in [0.2, 0.25) is 5.95 Å². The van der Waals surface area contributed by atoms with Crippen LogP contribution in [0.25, 0.3) is 16.6 Å². The van der Waals surface area contributed by atoms with Gasteiger partial charge in [0.05, 0.1) is 29.4 Å². The van der Waals surface area contributed by atoms with E-state index in [4.69, 9.17) is 4.74 Å². The van der Waals surface area contributed by atoms with E-state index in [0.29, 0.717) is 19.0 Å². The normalized spacial score (nSPS) is 13.8. The summed E-state index contributed by atoms with van der Waals surface area (Å²) < 4.78 is 20.9. The molecule has 178 valence electrons. The van der Waals surface area contributed by atoms with Crippen molar-refractivity contribution in [3.05, 3.63) is 65.6 Å². The number of nitrogens with zero attached hydrogens (tertiary/aromatic N) is 6. The summed E-state index contributed by atoms with van der Waals surface area (Å²) in [6.45, 7) is 1.32. The van der Waals surface area contributed by atoms with Gasteiger partial charge in [-0.15, -0.1) is 0 Å². The van der Waals surface area contributed by atoms with Crippen LogP contribution in [0.5, 0.6) is 0 Å². The Morgan fingerprint density at radius 2 is 1.74 bits per heavy atom. The summed E-state index contributed by atoms with van der Waals surface area (Å²) >= 11 is 0. The molecule has 1 fully saturated rings. The van der Waals surface area contributed by atoms with Crippen molar-refractivity contribution in [1.82, 2.24) is 30.1 Å². The van der Waals surface area contributed by atoms with Gasteiger partial charge in [-0.25, -0.2) is 9.18 Å². The quantitative estimate of drug-likeness (QED) is 0.261. The molecule has 3 heterocycles. The van der Waals surface area contributed by atoms with Crippen LogP contribution >= 0.6 is 0 Å². The minimum atomic E-state index is -0.861. The molecule has 0 atom stereocenters. The molecule has 5 rings (SSSR count). The molecule has 0 unspecified atom stereocenters. The van der Waals surface area contributed by atoms with E-state index in [9.17, 15) is 18.8 Å². The van der Waals surface area contributed by atoms with Gasteiger partial charge in [-0.2, -0.15) is 4.68 Å². The average molecular weight is 477 g/mol. The Kier molecular flexibility index (Phi) is 5.69. The number of carbonyl (C=O) groups excluding carboxylic acids is 3. The maximum absolute atomic E-state index is 14.6. The molecule has 35 heavy (non-hydrogen) atoms. The minimum absolute atomic E-state index is 0.0696. The number of H-pyrrole nitrogens is 1. The Bertz CT molecular complexity index is 1420. The van der Waals surface area contributed by atoms with Gasteiger partial charge in [0.1, 0.15) is 5.82 Å². The molecule has 1 saturated heterocycles. The maximum atomic E-state index is 14.6. The molecule has 12 heteroatoms. The number of aromatic nitrogens is 5. The molecule has 2 aromatic carbocycles. The molecule has 1 aliphatic heterocycles. The SMILES string of the molecule is COC(=O)c1ccc(F)c2c(C(=O)C(=O)N3CCN(c4nnnn4-c4ccccc4)CC3)c[nH]c12. The number of Topliss-reactive ketones (excluding diaryl/α,β-unsaturated/α-hetero) is 1. The summed E-state index contributed by atoms with van der Waals surface area (Å²) in [7, 11) is 1.20. The van der Waals surface area contributed by atoms with Crippen LogP contribution in [0.4, 0.5) is 10.3 Å². The smallest absolute Gasteiger partial charge is 0.339 e. The third-order valence-corrected chi connectivity index (χ3v) is 5.93. The molecule has 0 radical (unpaired) electrons. The monoisotopic (exact) mass is 477 g/mol. The van der Waals surface area contributed by atoms with E-state index < -0.39 is 23.5 Å². The van der Waals surface area contributed by atoms with Gasteiger partial charge in [0.15, 0.2) is 0 Å². The predicted molar refractivity (Wildman–Crippen MR) is 122 cm³/mol. The van der Waals surface area contributed by atoms with Crippen LogP contribution in [-0.2, 0) is 9.53 Å². The summed E-state index contributed by atoms with van der Waals surface area (Å²) in [5.74, 6) is -2.49. The molecule has 11 nitrogen and oxygen atoms in total. The number of hydrogen-bond acceptors (Lipinski definition) is 8. The lowest BCUT2D eigenvalue weighted by Gasteiger charge is -2.34. The molecule has 2 aromatic heterocycles. The van der Waals surface area contributed by atoms with Crippen molar-refractivity contribution in [3.63, 3.8) is 0 Å². The Morgan fingerprint density at radius 3 is 2.46 bits per heavy atom. The lowest BCUT2D eigenvalue weighted by Crippen LogP contribution is -2.51. The van der Waals surface area contributed by atoms with E-state index in [1.165, 1.54) is 24.3 Å². The number of nitrogens with one attached hydrogen (secondary N) is 1. The first kappa shape index (κ1) is 22.2. The van der Waals surface area contributed by atoms with Gasteiger partial charge in [-0.05, 0) is 34.7 Å². The molecular weight excluding hydrogens is 457 g/mol. The first-order valence-electron chi connectivity index (χ1n) is 10.8. The standard InChI is InChI=1S/C23H20FN7O4/c1-35-22(34)15-7-8-17(24)18-16(13-25-19(15)18)20(32)21(33)29-9-11-30(12-10-29)23-26-27-28-31(23)14-5-3-2-4-6-14/h2-8,13,25H,9-12H2,1H3. The Balaban J connectivity index is 1.33. The third-order valence-electron chi connectivity index (χ3n) is 5.93. The summed E-state index contributed by atoms with van der Waals surface area (Å²) in [4.78, 5) is 44.1. The van der Waals surface area contributed by atoms with Gasteiger partial charge >= 0.3 is 5.97 Å². The molecule has 1 N–H and O–H groups in total. The Labute approximate surface area is 198 Å². The summed E-state index contributed by atoms with van der Waals surface area (Å²) in [6, 6.07) is 11.7. The summed E-state index contributed by atoms with van der Waals surface area (Å²) in [5.41, 5.74) is 0.836. The highest BCUT2D eigenvalue weighted by atomic mass is 19.1. The number of para-hydroxylation sites is 1. The lowest BCUT2D eigenvalue weighted by molar-refractivity contribution is -0.126. The van der Waals surface area contributed by atoms with Crippen LogP contribution in [0.15, 0.2) is 48.7 Å². The highest BCUT2D eigenvalue weighted by molar-refractivity contribution is 6.45. The molecule has 0 saturated carbocycles. The lowest BCUT2D eigenvalue weighted by atomic mass is 10.0. The highest BCUT2D eigenvalue weighted by Gasteiger charge is 2.31. The van der Waals surface area contributed by atoms with Gasteiger partial charge in [0, 0.05) is 37.8 Å². The number of amides is 1. The van der Waals surface area contributed by atoms with Crippen LogP contribution in [0, 0.1) is 5.82 Å². The van der Waals surface area contributed by atoms with Crippen LogP contribution in [0.2, 0.25) is 0 Å². The Morgan fingerprint density at radius 1 is 1.00 bits per heavy atom. The molecule has 1 aliphatic rings. The number of halogens is 1. The number of anilines is 1. The number of esters is 1. The van der Waals surface area contributed by atoms with E-state index in [2.05, 4.69) is 20.5 Å². The number of piperazine rings is 1. The number of ketones is 1. The van der Waals surface area contributed by atoms with Gasteiger partial charge < -0.3 is 19.5 Å². The summed E-state index contributed by atoms with van der Waals surface area (Å²) in [6.07, 6.45) is 1.24. The van der Waals surface area contributed by atoms with E-state index in [1.807, 2.05) is 35.2 Å². The summed E-state index contributed by atoms with van der Waals surface area (Å²) in [5, 5.41) is 11.8.